The lowest BCUT2D eigenvalue weighted by atomic mass is 9.95. The Labute approximate surface area is 144 Å². The smallest absolute Gasteiger partial charge is 0.315 e. The molecule has 1 atom stereocenters. The van der Waals surface area contributed by atoms with Gasteiger partial charge in [0.1, 0.15) is 11.4 Å². The van der Waals surface area contributed by atoms with Gasteiger partial charge < -0.3 is 25.2 Å². The number of ether oxygens (including phenoxy) is 2. The Morgan fingerprint density at radius 3 is 2.64 bits per heavy atom. The number of hydrogen-bond acceptors (Lipinski definition) is 4. The lowest BCUT2D eigenvalue weighted by molar-refractivity contribution is 0.0591. The zero-order chi connectivity index (χ0) is 17.9. The Kier molecular flexibility index (Phi) is 4.76. The molecule has 0 fully saturated rings. The van der Waals surface area contributed by atoms with Crippen molar-refractivity contribution < 1.29 is 23.8 Å². The number of carbonyl (C=O) groups excluding carboxylic acids is 1. The lowest BCUT2D eigenvalue weighted by Gasteiger charge is -2.24. The van der Waals surface area contributed by atoms with Gasteiger partial charge >= 0.3 is 6.03 Å². The van der Waals surface area contributed by atoms with Gasteiger partial charge in [-0.15, -0.1) is 0 Å². The average Bonchev–Trinajstić information content (AvgIpc) is 3.07. The highest BCUT2D eigenvalue weighted by Crippen LogP contribution is 2.35. The molecule has 2 amide bonds. The molecule has 25 heavy (non-hydrogen) atoms. The van der Waals surface area contributed by atoms with E-state index in [1.807, 2.05) is 0 Å². The van der Waals surface area contributed by atoms with Gasteiger partial charge in [0, 0.05) is 6.54 Å². The van der Waals surface area contributed by atoms with Crippen molar-refractivity contribution in [3.63, 3.8) is 0 Å². The van der Waals surface area contributed by atoms with Crippen LogP contribution in [0.15, 0.2) is 42.5 Å². The molecule has 0 radical (unpaired) electrons. The first-order chi connectivity index (χ1) is 11.9. The molecule has 3 rings (SSSR count). The maximum absolute atomic E-state index is 12.8. The molecule has 132 valence electrons. The largest absolute Gasteiger partial charge is 0.454 e. The van der Waals surface area contributed by atoms with E-state index >= 15 is 0 Å². The van der Waals surface area contributed by atoms with Gasteiger partial charge in [0.25, 0.3) is 0 Å². The van der Waals surface area contributed by atoms with E-state index in [4.69, 9.17) is 9.47 Å². The lowest BCUT2D eigenvalue weighted by Crippen LogP contribution is -2.43. The third kappa shape index (κ3) is 4.19. The average molecular weight is 346 g/mol. The topological polar surface area (TPSA) is 79.8 Å². The summed E-state index contributed by atoms with van der Waals surface area (Å²) in [4.78, 5) is 11.9. The first kappa shape index (κ1) is 17.0. The normalized spacial score (nSPS) is 14.7. The van der Waals surface area contributed by atoms with Crippen LogP contribution in [0.2, 0.25) is 0 Å². The zero-order valence-corrected chi connectivity index (χ0v) is 13.7. The number of hydrogen-bond donors (Lipinski definition) is 3. The van der Waals surface area contributed by atoms with Gasteiger partial charge in [0.05, 0.1) is 6.54 Å². The molecule has 2 aromatic carbocycles. The minimum Gasteiger partial charge on any atom is -0.454 e. The fourth-order valence-corrected chi connectivity index (χ4v) is 2.43. The first-order valence-corrected chi connectivity index (χ1v) is 7.83. The van der Waals surface area contributed by atoms with E-state index in [1.54, 1.807) is 37.3 Å². The second-order valence-corrected chi connectivity index (χ2v) is 6.00. The minimum atomic E-state index is -1.27. The summed E-state index contributed by atoms with van der Waals surface area (Å²) in [5.74, 6) is 0.871. The van der Waals surface area contributed by atoms with Crippen LogP contribution >= 0.6 is 0 Å². The Morgan fingerprint density at radius 2 is 1.88 bits per heavy atom. The molecule has 0 spiro atoms. The van der Waals surface area contributed by atoms with Crippen molar-refractivity contribution in [3.8, 4) is 11.5 Å². The van der Waals surface area contributed by atoms with Crippen LogP contribution in [0.4, 0.5) is 9.18 Å². The Bertz CT molecular complexity index is 762. The van der Waals surface area contributed by atoms with E-state index in [1.165, 1.54) is 12.1 Å². The second-order valence-electron chi connectivity index (χ2n) is 6.00. The molecule has 6 nitrogen and oxygen atoms in total. The van der Waals surface area contributed by atoms with Crippen molar-refractivity contribution in [2.24, 2.45) is 0 Å². The van der Waals surface area contributed by atoms with Gasteiger partial charge in [-0.3, -0.25) is 0 Å². The van der Waals surface area contributed by atoms with E-state index in [0.29, 0.717) is 17.1 Å². The molecular formula is C18H19FN2O4. The van der Waals surface area contributed by atoms with E-state index < -0.39 is 11.6 Å². The summed E-state index contributed by atoms with van der Waals surface area (Å²) in [5, 5.41) is 15.9. The van der Waals surface area contributed by atoms with Crippen LogP contribution in [0, 0.1) is 5.82 Å². The first-order valence-electron chi connectivity index (χ1n) is 7.83. The highest BCUT2D eigenvalue weighted by molar-refractivity contribution is 5.73. The number of amides is 2. The van der Waals surface area contributed by atoms with Crippen LogP contribution in [0.1, 0.15) is 18.1 Å². The monoisotopic (exact) mass is 346 g/mol. The molecule has 0 aromatic heterocycles. The van der Waals surface area contributed by atoms with Crippen molar-refractivity contribution in [2.45, 2.75) is 19.1 Å². The molecular weight excluding hydrogens is 327 g/mol. The number of fused-ring (bicyclic) bond motifs is 1. The van der Waals surface area contributed by atoms with Crippen molar-refractivity contribution in [1.29, 1.82) is 0 Å². The Balaban J connectivity index is 1.52. The molecule has 0 unspecified atom stereocenters. The van der Waals surface area contributed by atoms with E-state index in [-0.39, 0.29) is 25.7 Å². The summed E-state index contributed by atoms with van der Waals surface area (Å²) < 4.78 is 23.4. The SMILES string of the molecule is C[C@@](O)(CNC(=O)NCc1ccc(F)cc1)c1ccc2c(c1)OCO2. The number of aliphatic hydroxyl groups is 1. The number of carbonyl (C=O) groups is 1. The summed E-state index contributed by atoms with van der Waals surface area (Å²) in [6, 6.07) is 10.6. The number of nitrogens with one attached hydrogen (secondary N) is 2. The highest BCUT2D eigenvalue weighted by Gasteiger charge is 2.26. The third-order valence-electron chi connectivity index (χ3n) is 3.95. The van der Waals surface area contributed by atoms with Crippen molar-refractivity contribution in [2.75, 3.05) is 13.3 Å². The van der Waals surface area contributed by atoms with Gasteiger partial charge in [-0.1, -0.05) is 18.2 Å². The molecule has 1 aliphatic rings. The number of halogens is 1. The standard InChI is InChI=1S/C18H19FN2O4/c1-18(23,13-4-7-15-16(8-13)25-11-24-15)10-21-17(22)20-9-12-2-5-14(19)6-3-12/h2-8,23H,9-11H2,1H3,(H2,20,21,22)/t18-/m1/s1. The van der Waals surface area contributed by atoms with Crippen LogP contribution in [0.25, 0.3) is 0 Å². The van der Waals surface area contributed by atoms with Gasteiger partial charge in [-0.25, -0.2) is 9.18 Å². The summed E-state index contributed by atoms with van der Waals surface area (Å²) >= 11 is 0. The predicted octanol–water partition coefficient (Wildman–Crippen LogP) is 2.26. The quantitative estimate of drug-likeness (QED) is 0.776. The van der Waals surface area contributed by atoms with E-state index in [2.05, 4.69) is 10.6 Å². The maximum Gasteiger partial charge on any atom is 0.315 e. The summed E-state index contributed by atoms with van der Waals surface area (Å²) in [6.07, 6.45) is 0. The molecule has 0 saturated heterocycles. The van der Waals surface area contributed by atoms with Crippen molar-refractivity contribution >= 4 is 6.03 Å². The minimum absolute atomic E-state index is 0.0158. The third-order valence-corrected chi connectivity index (χ3v) is 3.95. The molecule has 0 saturated carbocycles. The van der Waals surface area contributed by atoms with Crippen LogP contribution in [0.3, 0.4) is 0 Å². The molecule has 1 aliphatic heterocycles. The van der Waals surface area contributed by atoms with Crippen LogP contribution in [-0.2, 0) is 12.1 Å². The van der Waals surface area contributed by atoms with Crippen LogP contribution in [0.5, 0.6) is 11.5 Å². The highest BCUT2D eigenvalue weighted by atomic mass is 19.1. The number of urea groups is 1. The molecule has 1 heterocycles. The molecule has 3 N–H and O–H groups in total. The summed E-state index contributed by atoms with van der Waals surface area (Å²) in [5.41, 5.74) is 0.114. The molecule has 0 bridgehead atoms. The Morgan fingerprint density at radius 1 is 1.16 bits per heavy atom. The fourth-order valence-electron chi connectivity index (χ4n) is 2.43. The zero-order valence-electron chi connectivity index (χ0n) is 13.7. The van der Waals surface area contributed by atoms with Gasteiger partial charge in [-0.05, 0) is 42.3 Å². The molecule has 7 heteroatoms. The van der Waals surface area contributed by atoms with Gasteiger partial charge in [0.15, 0.2) is 11.5 Å². The van der Waals surface area contributed by atoms with Crippen molar-refractivity contribution in [3.05, 3.63) is 59.4 Å². The Hall–Kier alpha value is -2.80. The summed E-state index contributed by atoms with van der Waals surface area (Å²) in [6.45, 7) is 2.04. The number of rotatable bonds is 5. The van der Waals surface area contributed by atoms with Gasteiger partial charge in [-0.2, -0.15) is 0 Å². The molecule has 2 aromatic rings. The second kappa shape index (κ2) is 6.98. The fraction of sp³-hybridized carbons (Fsp3) is 0.278. The van der Waals surface area contributed by atoms with E-state index in [0.717, 1.165) is 5.56 Å². The van der Waals surface area contributed by atoms with Gasteiger partial charge in [0.2, 0.25) is 6.79 Å². The summed E-state index contributed by atoms with van der Waals surface area (Å²) in [7, 11) is 0. The van der Waals surface area contributed by atoms with Crippen LogP contribution < -0.4 is 20.1 Å². The van der Waals surface area contributed by atoms with Crippen LogP contribution in [-0.4, -0.2) is 24.5 Å². The predicted molar refractivity (Wildman–Crippen MR) is 88.8 cm³/mol. The number of benzene rings is 2. The van der Waals surface area contributed by atoms with Crippen molar-refractivity contribution in [1.82, 2.24) is 10.6 Å². The maximum atomic E-state index is 12.8. The molecule has 0 aliphatic carbocycles. The van der Waals surface area contributed by atoms with E-state index in [9.17, 15) is 14.3 Å².